The SMILES string of the molecule is Cc1ccc(CCCC(=O)NCCNc2cccc3ccccc23)cc1. The summed E-state index contributed by atoms with van der Waals surface area (Å²) in [6, 6.07) is 23.1. The number of fused-ring (bicyclic) bond motifs is 1. The predicted molar refractivity (Wildman–Crippen MR) is 110 cm³/mol. The predicted octanol–water partition coefficient (Wildman–Crippen LogP) is 4.70. The Morgan fingerprint density at radius 3 is 2.50 bits per heavy atom. The van der Waals surface area contributed by atoms with E-state index >= 15 is 0 Å². The van der Waals surface area contributed by atoms with Gasteiger partial charge in [-0.1, -0.05) is 66.2 Å². The Hall–Kier alpha value is -2.81. The van der Waals surface area contributed by atoms with Crippen LogP contribution in [0, 0.1) is 6.92 Å². The number of carbonyl (C=O) groups is 1. The fourth-order valence-electron chi connectivity index (χ4n) is 3.07. The Labute approximate surface area is 155 Å². The normalized spacial score (nSPS) is 10.7. The van der Waals surface area contributed by atoms with E-state index in [1.54, 1.807) is 0 Å². The van der Waals surface area contributed by atoms with E-state index in [9.17, 15) is 4.79 Å². The van der Waals surface area contributed by atoms with Crippen molar-refractivity contribution in [2.75, 3.05) is 18.4 Å². The number of carbonyl (C=O) groups excluding carboxylic acids is 1. The Morgan fingerprint density at radius 1 is 0.885 bits per heavy atom. The number of nitrogens with one attached hydrogen (secondary N) is 2. The third-order valence-electron chi connectivity index (χ3n) is 4.54. The molecule has 0 aliphatic heterocycles. The molecule has 134 valence electrons. The zero-order valence-corrected chi connectivity index (χ0v) is 15.3. The third-order valence-corrected chi connectivity index (χ3v) is 4.54. The minimum Gasteiger partial charge on any atom is -0.383 e. The minimum atomic E-state index is 0.122. The van der Waals surface area contributed by atoms with E-state index in [2.05, 4.69) is 66.1 Å². The number of anilines is 1. The molecule has 0 atom stereocenters. The second-order valence-corrected chi connectivity index (χ2v) is 6.64. The molecule has 3 heteroatoms. The molecule has 2 N–H and O–H groups in total. The topological polar surface area (TPSA) is 41.1 Å². The summed E-state index contributed by atoms with van der Waals surface area (Å²) in [5.41, 5.74) is 3.67. The molecule has 0 radical (unpaired) electrons. The van der Waals surface area contributed by atoms with Crippen molar-refractivity contribution in [1.82, 2.24) is 5.32 Å². The van der Waals surface area contributed by atoms with E-state index in [1.807, 2.05) is 18.2 Å². The second kappa shape index (κ2) is 9.04. The van der Waals surface area contributed by atoms with Gasteiger partial charge in [0.25, 0.3) is 0 Å². The van der Waals surface area contributed by atoms with E-state index in [1.165, 1.54) is 21.9 Å². The van der Waals surface area contributed by atoms with Gasteiger partial charge in [0.2, 0.25) is 5.91 Å². The van der Waals surface area contributed by atoms with Gasteiger partial charge in [-0.2, -0.15) is 0 Å². The van der Waals surface area contributed by atoms with E-state index in [0.29, 0.717) is 13.0 Å². The van der Waals surface area contributed by atoms with Crippen molar-refractivity contribution >= 4 is 22.4 Å². The number of amides is 1. The molecule has 0 saturated carbocycles. The minimum absolute atomic E-state index is 0.122. The van der Waals surface area contributed by atoms with Gasteiger partial charge in [0.05, 0.1) is 0 Å². The van der Waals surface area contributed by atoms with Gasteiger partial charge in [0.15, 0.2) is 0 Å². The second-order valence-electron chi connectivity index (χ2n) is 6.64. The maximum Gasteiger partial charge on any atom is 0.220 e. The Kier molecular flexibility index (Phi) is 6.26. The van der Waals surface area contributed by atoms with Gasteiger partial charge in [-0.05, 0) is 36.8 Å². The van der Waals surface area contributed by atoms with Gasteiger partial charge >= 0.3 is 0 Å². The first-order valence-corrected chi connectivity index (χ1v) is 9.26. The van der Waals surface area contributed by atoms with Crippen molar-refractivity contribution in [3.05, 3.63) is 77.9 Å². The lowest BCUT2D eigenvalue weighted by molar-refractivity contribution is -0.121. The summed E-state index contributed by atoms with van der Waals surface area (Å²) in [6.45, 7) is 3.44. The van der Waals surface area contributed by atoms with Crippen LogP contribution in [0.5, 0.6) is 0 Å². The van der Waals surface area contributed by atoms with Crippen molar-refractivity contribution in [2.24, 2.45) is 0 Å². The van der Waals surface area contributed by atoms with Crippen LogP contribution in [-0.4, -0.2) is 19.0 Å². The zero-order chi connectivity index (χ0) is 18.2. The number of hydrogen-bond donors (Lipinski definition) is 2. The van der Waals surface area contributed by atoms with E-state index in [4.69, 9.17) is 0 Å². The van der Waals surface area contributed by atoms with E-state index in [-0.39, 0.29) is 5.91 Å². The highest BCUT2D eigenvalue weighted by atomic mass is 16.1. The summed E-state index contributed by atoms with van der Waals surface area (Å²) in [7, 11) is 0. The zero-order valence-electron chi connectivity index (χ0n) is 15.3. The van der Waals surface area contributed by atoms with Gasteiger partial charge in [-0.3, -0.25) is 4.79 Å². The molecule has 0 heterocycles. The molecular formula is C23H26N2O. The van der Waals surface area contributed by atoms with Gasteiger partial charge < -0.3 is 10.6 Å². The molecular weight excluding hydrogens is 320 g/mol. The maximum atomic E-state index is 12.0. The summed E-state index contributed by atoms with van der Waals surface area (Å²) in [6.07, 6.45) is 2.40. The first-order valence-electron chi connectivity index (χ1n) is 9.26. The van der Waals surface area contributed by atoms with Gasteiger partial charge in [-0.25, -0.2) is 0 Å². The molecule has 3 rings (SSSR count). The lowest BCUT2D eigenvalue weighted by Gasteiger charge is -2.10. The van der Waals surface area contributed by atoms with Crippen LogP contribution in [0.4, 0.5) is 5.69 Å². The molecule has 0 unspecified atom stereocenters. The molecule has 3 aromatic rings. The number of rotatable bonds is 8. The average molecular weight is 346 g/mol. The van der Waals surface area contributed by atoms with Crippen LogP contribution < -0.4 is 10.6 Å². The molecule has 0 aliphatic carbocycles. The summed E-state index contributed by atoms with van der Waals surface area (Å²) in [5, 5.41) is 8.84. The Balaban J connectivity index is 1.36. The molecule has 0 aromatic heterocycles. The van der Waals surface area contributed by atoms with Gasteiger partial charge in [0.1, 0.15) is 0 Å². The largest absolute Gasteiger partial charge is 0.383 e. The van der Waals surface area contributed by atoms with Crippen LogP contribution in [0.1, 0.15) is 24.0 Å². The summed E-state index contributed by atoms with van der Waals surface area (Å²) < 4.78 is 0. The van der Waals surface area contributed by atoms with Crippen LogP contribution in [0.25, 0.3) is 10.8 Å². The highest BCUT2D eigenvalue weighted by Gasteiger charge is 2.02. The van der Waals surface area contributed by atoms with Crippen molar-refractivity contribution in [2.45, 2.75) is 26.2 Å². The van der Waals surface area contributed by atoms with Crippen LogP contribution in [-0.2, 0) is 11.2 Å². The fourth-order valence-corrected chi connectivity index (χ4v) is 3.07. The number of aryl methyl sites for hydroxylation is 2. The highest BCUT2D eigenvalue weighted by Crippen LogP contribution is 2.22. The fraction of sp³-hybridized carbons (Fsp3) is 0.261. The van der Waals surface area contributed by atoms with Crippen LogP contribution in [0.15, 0.2) is 66.7 Å². The first kappa shape index (κ1) is 18.0. The molecule has 0 fully saturated rings. The molecule has 0 bridgehead atoms. The van der Waals surface area contributed by atoms with Crippen LogP contribution in [0.2, 0.25) is 0 Å². The standard InChI is InChI=1S/C23H26N2O/c1-18-12-14-19(15-13-18)6-4-11-23(26)25-17-16-24-22-10-5-8-20-7-2-3-9-21(20)22/h2-3,5,7-10,12-15,24H,4,6,11,16-17H2,1H3,(H,25,26). The van der Waals surface area contributed by atoms with Gasteiger partial charge in [-0.15, -0.1) is 0 Å². The average Bonchev–Trinajstić information content (AvgIpc) is 2.67. The summed E-state index contributed by atoms with van der Waals surface area (Å²) in [4.78, 5) is 12.0. The molecule has 26 heavy (non-hydrogen) atoms. The number of benzene rings is 3. The molecule has 3 nitrogen and oxygen atoms in total. The smallest absolute Gasteiger partial charge is 0.220 e. The first-order chi connectivity index (χ1) is 12.7. The molecule has 0 saturated heterocycles. The van der Waals surface area contributed by atoms with E-state index < -0.39 is 0 Å². The van der Waals surface area contributed by atoms with Gasteiger partial charge in [0, 0.05) is 30.6 Å². The molecule has 0 spiro atoms. The summed E-state index contributed by atoms with van der Waals surface area (Å²) in [5.74, 6) is 0.122. The summed E-state index contributed by atoms with van der Waals surface area (Å²) >= 11 is 0. The van der Waals surface area contributed by atoms with Crippen molar-refractivity contribution < 1.29 is 4.79 Å². The molecule has 0 aliphatic rings. The quantitative estimate of drug-likeness (QED) is 0.581. The van der Waals surface area contributed by atoms with Crippen molar-refractivity contribution in [3.8, 4) is 0 Å². The molecule has 1 amide bonds. The van der Waals surface area contributed by atoms with Crippen LogP contribution in [0.3, 0.4) is 0 Å². The Morgan fingerprint density at radius 2 is 1.65 bits per heavy atom. The number of hydrogen-bond acceptors (Lipinski definition) is 2. The molecule has 3 aromatic carbocycles. The van der Waals surface area contributed by atoms with E-state index in [0.717, 1.165) is 25.1 Å². The van der Waals surface area contributed by atoms with Crippen molar-refractivity contribution in [3.63, 3.8) is 0 Å². The lowest BCUT2D eigenvalue weighted by Crippen LogP contribution is -2.28. The Bertz CT molecular complexity index is 850. The highest BCUT2D eigenvalue weighted by molar-refractivity contribution is 5.93. The van der Waals surface area contributed by atoms with Crippen LogP contribution >= 0.6 is 0 Å². The monoisotopic (exact) mass is 346 g/mol. The lowest BCUT2D eigenvalue weighted by atomic mass is 10.1. The van der Waals surface area contributed by atoms with Crippen molar-refractivity contribution in [1.29, 1.82) is 0 Å². The maximum absolute atomic E-state index is 12.0. The third kappa shape index (κ3) is 5.09.